The second kappa shape index (κ2) is 6.04. The lowest BCUT2D eigenvalue weighted by molar-refractivity contribution is 0.259. The molecule has 1 aliphatic rings. The molecule has 1 aliphatic heterocycles. The van der Waals surface area contributed by atoms with Crippen LogP contribution in [0.4, 0.5) is 0 Å². The molecule has 0 spiro atoms. The summed E-state index contributed by atoms with van der Waals surface area (Å²) >= 11 is 6.23. The standard InChI is InChI=1S/C13H23ClN4/c1-4-18-7-5-6-11(18)8-15-9-12-13(14)10(2)16-17(12)3/h11,15H,4-9H2,1-3H3. The molecule has 0 aliphatic carbocycles. The zero-order valence-electron chi connectivity index (χ0n) is 11.5. The highest BCUT2D eigenvalue weighted by Crippen LogP contribution is 2.19. The topological polar surface area (TPSA) is 33.1 Å². The minimum atomic E-state index is 0.683. The third-order valence-corrected chi connectivity index (χ3v) is 4.33. The van der Waals surface area contributed by atoms with E-state index in [-0.39, 0.29) is 0 Å². The lowest BCUT2D eigenvalue weighted by atomic mass is 10.2. The van der Waals surface area contributed by atoms with E-state index in [1.165, 1.54) is 19.4 Å². The van der Waals surface area contributed by atoms with Gasteiger partial charge in [0.05, 0.1) is 16.4 Å². The highest BCUT2D eigenvalue weighted by molar-refractivity contribution is 6.31. The van der Waals surface area contributed by atoms with E-state index in [9.17, 15) is 0 Å². The van der Waals surface area contributed by atoms with Crippen molar-refractivity contribution in [2.24, 2.45) is 7.05 Å². The first-order valence-corrected chi connectivity index (χ1v) is 7.14. The fourth-order valence-corrected chi connectivity index (χ4v) is 3.00. The van der Waals surface area contributed by atoms with Crippen LogP contribution in [-0.2, 0) is 13.6 Å². The molecule has 1 atom stereocenters. The molecule has 0 aromatic carbocycles. The van der Waals surface area contributed by atoms with Gasteiger partial charge < -0.3 is 5.32 Å². The molecule has 18 heavy (non-hydrogen) atoms. The van der Waals surface area contributed by atoms with Crippen LogP contribution in [0.5, 0.6) is 0 Å². The molecule has 2 rings (SSSR count). The van der Waals surface area contributed by atoms with Crippen molar-refractivity contribution in [3.05, 3.63) is 16.4 Å². The largest absolute Gasteiger partial charge is 0.310 e. The average Bonchev–Trinajstić information content (AvgIpc) is 2.89. The van der Waals surface area contributed by atoms with Crippen LogP contribution in [0.2, 0.25) is 5.02 Å². The second-order valence-electron chi connectivity index (χ2n) is 5.03. The molecule has 2 heterocycles. The van der Waals surface area contributed by atoms with Gasteiger partial charge in [-0.25, -0.2) is 0 Å². The molecule has 0 saturated carbocycles. The number of hydrogen-bond donors (Lipinski definition) is 1. The SMILES string of the molecule is CCN1CCCC1CNCc1c(Cl)c(C)nn1C. The van der Waals surface area contributed by atoms with E-state index in [0.717, 1.165) is 36.0 Å². The highest BCUT2D eigenvalue weighted by atomic mass is 35.5. The summed E-state index contributed by atoms with van der Waals surface area (Å²) in [5.74, 6) is 0. The summed E-state index contributed by atoms with van der Waals surface area (Å²) in [5, 5.41) is 8.64. The quantitative estimate of drug-likeness (QED) is 0.888. The van der Waals surface area contributed by atoms with Crippen LogP contribution < -0.4 is 5.32 Å². The van der Waals surface area contributed by atoms with Gasteiger partial charge in [0.1, 0.15) is 0 Å². The van der Waals surface area contributed by atoms with Crippen molar-refractivity contribution in [2.45, 2.75) is 39.3 Å². The highest BCUT2D eigenvalue weighted by Gasteiger charge is 2.22. The van der Waals surface area contributed by atoms with E-state index in [0.29, 0.717) is 6.04 Å². The van der Waals surface area contributed by atoms with Gasteiger partial charge in [0.25, 0.3) is 0 Å². The fraction of sp³-hybridized carbons (Fsp3) is 0.769. The molecular weight excluding hydrogens is 248 g/mol. The van der Waals surface area contributed by atoms with Gasteiger partial charge in [0, 0.05) is 26.2 Å². The molecule has 1 saturated heterocycles. The Morgan fingerprint density at radius 3 is 2.89 bits per heavy atom. The maximum atomic E-state index is 6.23. The Morgan fingerprint density at radius 2 is 2.28 bits per heavy atom. The smallest absolute Gasteiger partial charge is 0.0860 e. The van der Waals surface area contributed by atoms with Crippen LogP contribution >= 0.6 is 11.6 Å². The van der Waals surface area contributed by atoms with Gasteiger partial charge in [-0.1, -0.05) is 18.5 Å². The molecule has 4 nitrogen and oxygen atoms in total. The van der Waals surface area contributed by atoms with Crippen molar-refractivity contribution < 1.29 is 0 Å². The maximum Gasteiger partial charge on any atom is 0.0860 e. The Balaban J connectivity index is 1.85. The van der Waals surface area contributed by atoms with Crippen LogP contribution in [0.15, 0.2) is 0 Å². The Kier molecular flexibility index (Phi) is 4.65. The van der Waals surface area contributed by atoms with Crippen LogP contribution in [0, 0.1) is 6.92 Å². The number of nitrogens with zero attached hydrogens (tertiary/aromatic N) is 3. The molecule has 102 valence electrons. The monoisotopic (exact) mass is 270 g/mol. The van der Waals surface area contributed by atoms with E-state index in [1.807, 2.05) is 18.7 Å². The number of likely N-dealkylation sites (tertiary alicyclic amines) is 1. The van der Waals surface area contributed by atoms with Gasteiger partial charge in [-0.2, -0.15) is 5.10 Å². The van der Waals surface area contributed by atoms with Crippen LogP contribution in [0.25, 0.3) is 0 Å². The predicted molar refractivity (Wildman–Crippen MR) is 74.9 cm³/mol. The molecular formula is C13H23ClN4. The molecule has 1 N–H and O–H groups in total. The number of rotatable bonds is 5. The molecule has 5 heteroatoms. The summed E-state index contributed by atoms with van der Waals surface area (Å²) in [7, 11) is 1.95. The molecule has 0 amide bonds. The van der Waals surface area contributed by atoms with E-state index >= 15 is 0 Å². The van der Waals surface area contributed by atoms with Gasteiger partial charge >= 0.3 is 0 Å². The summed E-state index contributed by atoms with van der Waals surface area (Å²) < 4.78 is 1.87. The molecule has 0 bridgehead atoms. The van der Waals surface area contributed by atoms with E-state index in [2.05, 4.69) is 22.2 Å². The van der Waals surface area contributed by atoms with Crippen molar-refractivity contribution in [1.29, 1.82) is 0 Å². The van der Waals surface area contributed by atoms with Crippen LogP contribution in [0.3, 0.4) is 0 Å². The number of aromatic nitrogens is 2. The summed E-state index contributed by atoms with van der Waals surface area (Å²) in [6, 6.07) is 0.683. The van der Waals surface area contributed by atoms with Crippen molar-refractivity contribution in [2.75, 3.05) is 19.6 Å². The lowest BCUT2D eigenvalue weighted by Gasteiger charge is -2.23. The third kappa shape index (κ3) is 2.87. The lowest BCUT2D eigenvalue weighted by Crippen LogP contribution is -2.37. The first kappa shape index (κ1) is 13.8. The molecule has 0 radical (unpaired) electrons. The normalized spacial score (nSPS) is 20.8. The number of halogens is 1. The Bertz CT molecular complexity index is 402. The molecule has 1 aromatic heterocycles. The minimum absolute atomic E-state index is 0.683. The molecule has 1 aromatic rings. The van der Waals surface area contributed by atoms with Crippen molar-refractivity contribution >= 4 is 11.6 Å². The maximum absolute atomic E-state index is 6.23. The summed E-state index contributed by atoms with van der Waals surface area (Å²) in [6.07, 6.45) is 2.63. The van der Waals surface area contributed by atoms with Gasteiger partial charge in [0.2, 0.25) is 0 Å². The Hall–Kier alpha value is -0.580. The van der Waals surface area contributed by atoms with Gasteiger partial charge in [-0.05, 0) is 32.9 Å². The second-order valence-corrected chi connectivity index (χ2v) is 5.40. The zero-order chi connectivity index (χ0) is 13.1. The molecule has 1 unspecified atom stereocenters. The minimum Gasteiger partial charge on any atom is -0.310 e. The van der Waals surface area contributed by atoms with Crippen molar-refractivity contribution in [3.8, 4) is 0 Å². The van der Waals surface area contributed by atoms with Crippen LogP contribution in [-0.4, -0.2) is 40.4 Å². The summed E-state index contributed by atoms with van der Waals surface area (Å²) in [6.45, 7) is 8.41. The number of likely N-dealkylation sites (N-methyl/N-ethyl adjacent to an activating group) is 1. The number of aryl methyl sites for hydroxylation is 2. The van der Waals surface area contributed by atoms with E-state index < -0.39 is 0 Å². The van der Waals surface area contributed by atoms with Gasteiger partial charge in [-0.3, -0.25) is 9.58 Å². The number of hydrogen-bond acceptors (Lipinski definition) is 3. The van der Waals surface area contributed by atoms with E-state index in [1.54, 1.807) is 0 Å². The number of nitrogens with one attached hydrogen (secondary N) is 1. The first-order chi connectivity index (χ1) is 8.63. The third-order valence-electron chi connectivity index (χ3n) is 3.84. The fourth-order valence-electron chi connectivity index (χ4n) is 2.77. The average molecular weight is 271 g/mol. The van der Waals surface area contributed by atoms with Gasteiger partial charge in [-0.15, -0.1) is 0 Å². The van der Waals surface area contributed by atoms with Gasteiger partial charge in [0.15, 0.2) is 0 Å². The van der Waals surface area contributed by atoms with E-state index in [4.69, 9.17) is 11.6 Å². The van der Waals surface area contributed by atoms with Crippen molar-refractivity contribution in [1.82, 2.24) is 20.0 Å². The summed E-state index contributed by atoms with van der Waals surface area (Å²) in [4.78, 5) is 2.54. The Labute approximate surface area is 114 Å². The van der Waals surface area contributed by atoms with Crippen LogP contribution in [0.1, 0.15) is 31.2 Å². The summed E-state index contributed by atoms with van der Waals surface area (Å²) in [5.41, 5.74) is 1.99. The zero-order valence-corrected chi connectivity index (χ0v) is 12.3. The predicted octanol–water partition coefficient (Wildman–Crippen LogP) is 1.96. The molecule has 1 fully saturated rings. The van der Waals surface area contributed by atoms with Crippen molar-refractivity contribution in [3.63, 3.8) is 0 Å². The Morgan fingerprint density at radius 1 is 1.50 bits per heavy atom. The first-order valence-electron chi connectivity index (χ1n) is 6.76.